The lowest BCUT2D eigenvalue weighted by Crippen LogP contribution is -2.56. The molecule has 11 amide bonds. The Kier molecular flexibility index (Phi) is 35.4. The number of thiol groups is 1. The molecule has 0 bridgehead atoms. The fraction of sp³-hybridized carbons (Fsp3) is 0.841. The zero-order valence-electron chi connectivity index (χ0n) is 56.8. The van der Waals surface area contributed by atoms with E-state index in [0.29, 0.717) is 167 Å². The molecule has 26 heteroatoms. The summed E-state index contributed by atoms with van der Waals surface area (Å²) in [5.74, 6) is -5.37. The highest BCUT2D eigenvalue weighted by atomic mass is 32.1. The van der Waals surface area contributed by atoms with Gasteiger partial charge in [0.2, 0.25) is 65.0 Å². The molecule has 0 aromatic carbocycles. The Morgan fingerprint density at radius 3 is 1.32 bits per heavy atom. The highest BCUT2D eigenvalue weighted by Gasteiger charge is 2.41. The summed E-state index contributed by atoms with van der Waals surface area (Å²) < 4.78 is 0. The van der Waals surface area contributed by atoms with Crippen molar-refractivity contribution >= 4 is 77.6 Å². The number of amides is 11. The number of rotatable bonds is 38. The van der Waals surface area contributed by atoms with Gasteiger partial charge in [0.15, 0.2) is 0 Å². The molecule has 18 N–H and O–H groups in total. The first-order valence-corrected chi connectivity index (χ1v) is 37.5. The van der Waals surface area contributed by atoms with Gasteiger partial charge in [-0.25, -0.2) is 0 Å². The number of hydrogen-bond acceptors (Lipinski definition) is 15. The van der Waals surface area contributed by atoms with Crippen molar-refractivity contribution in [3.8, 4) is 0 Å². The van der Waals surface area contributed by atoms with E-state index < -0.39 is 65.7 Å². The van der Waals surface area contributed by atoms with Crippen molar-refractivity contribution in [1.29, 1.82) is 0 Å². The molecule has 15 atom stereocenters. The molecule has 6 aliphatic carbocycles. The monoisotopic (exact) mass is 1350 g/mol. The quantitative estimate of drug-likeness (QED) is 0.0312. The van der Waals surface area contributed by atoms with Gasteiger partial charge in [0, 0.05) is 79.9 Å². The topological polar surface area (TPSA) is 412 Å². The molecule has 6 aliphatic rings. The van der Waals surface area contributed by atoms with E-state index >= 15 is 0 Å². The van der Waals surface area contributed by atoms with E-state index in [9.17, 15) is 52.7 Å². The molecule has 25 nitrogen and oxygen atoms in total. The predicted molar refractivity (Wildman–Crippen MR) is 367 cm³/mol. The van der Waals surface area contributed by atoms with E-state index in [-0.39, 0.29) is 115 Å². The largest absolute Gasteiger partial charge is 0.369 e. The van der Waals surface area contributed by atoms with Crippen LogP contribution in [0.4, 0.5) is 0 Å². The summed E-state index contributed by atoms with van der Waals surface area (Å²) in [7, 11) is 0. The number of carbonyl (C=O) groups is 11. The summed E-state index contributed by atoms with van der Waals surface area (Å²) in [5, 5.41) is 31.0. The lowest BCUT2D eigenvalue weighted by atomic mass is 9.81. The lowest BCUT2D eigenvalue weighted by molar-refractivity contribution is -0.134. The molecular formula is C69H120N14O11S. The number of nitrogens with one attached hydrogen (secondary N) is 10. The fourth-order valence-corrected chi connectivity index (χ4v) is 15.8. The summed E-state index contributed by atoms with van der Waals surface area (Å²) in [4.78, 5) is 150. The van der Waals surface area contributed by atoms with E-state index in [4.69, 9.17) is 22.9 Å². The Labute approximate surface area is 569 Å². The first-order valence-electron chi connectivity index (χ1n) is 36.9. The third-order valence-corrected chi connectivity index (χ3v) is 21.3. The van der Waals surface area contributed by atoms with Crippen LogP contribution in [0.3, 0.4) is 0 Å². The van der Waals surface area contributed by atoms with Gasteiger partial charge in [0.1, 0.15) is 12.1 Å². The highest BCUT2D eigenvalue weighted by molar-refractivity contribution is 7.80. The zero-order valence-corrected chi connectivity index (χ0v) is 57.7. The molecule has 538 valence electrons. The first kappa shape index (κ1) is 78.4. The van der Waals surface area contributed by atoms with Crippen LogP contribution >= 0.6 is 12.6 Å². The number of nitrogens with two attached hydrogens (primary N) is 4. The summed E-state index contributed by atoms with van der Waals surface area (Å²) in [5.41, 5.74) is 23.2. The van der Waals surface area contributed by atoms with Gasteiger partial charge in [-0.2, -0.15) is 12.6 Å². The SMILES string of the molecule is NCCCCCC(NC(=O)C1CCCC(NC(=O)C(CCCCCN)NC(=O)C2CCCCC2NC(=O)CC(CCCCN)NC(=O)C2CCCCC2NC(=O)C2CCCCC2NC(=O)CCNC(=O)CCS)C1)C(=O)NC1CCCC(C(=O)NC2CCCCC2C(N)=O)C1. The van der Waals surface area contributed by atoms with Crippen LogP contribution in [-0.4, -0.2) is 151 Å². The summed E-state index contributed by atoms with van der Waals surface area (Å²) in [6, 6.07) is -4.51. The predicted octanol–water partition coefficient (Wildman–Crippen LogP) is 3.36. The van der Waals surface area contributed by atoms with Gasteiger partial charge in [-0.1, -0.05) is 96.3 Å². The molecule has 95 heavy (non-hydrogen) atoms. The number of carbonyl (C=O) groups excluding carboxylic acids is 11. The Bertz CT molecular complexity index is 2480. The Morgan fingerprint density at radius 2 is 0.800 bits per heavy atom. The minimum absolute atomic E-state index is 0.0339. The average molecular weight is 1350 g/mol. The summed E-state index contributed by atoms with van der Waals surface area (Å²) in [6.45, 7) is 1.63. The fourth-order valence-electron chi connectivity index (χ4n) is 15.6. The lowest BCUT2D eigenvalue weighted by Gasteiger charge is -2.36. The van der Waals surface area contributed by atoms with Gasteiger partial charge in [0.25, 0.3) is 0 Å². The highest BCUT2D eigenvalue weighted by Crippen LogP contribution is 2.32. The molecule has 0 aliphatic heterocycles. The molecule has 0 radical (unpaired) electrons. The Balaban J connectivity index is 1.03. The first-order chi connectivity index (χ1) is 45.9. The van der Waals surface area contributed by atoms with Crippen molar-refractivity contribution in [2.75, 3.05) is 31.9 Å². The smallest absolute Gasteiger partial charge is 0.242 e. The van der Waals surface area contributed by atoms with Crippen molar-refractivity contribution < 1.29 is 52.7 Å². The van der Waals surface area contributed by atoms with E-state index in [1.165, 1.54) is 0 Å². The molecule has 0 spiro atoms. The Hall–Kier alpha value is -5.60. The van der Waals surface area contributed by atoms with Gasteiger partial charge in [-0.05, 0) is 154 Å². The maximum absolute atomic E-state index is 14.5. The summed E-state index contributed by atoms with van der Waals surface area (Å²) in [6.07, 6.45) is 23.5. The minimum atomic E-state index is -0.889. The molecule has 6 fully saturated rings. The molecule has 6 saturated carbocycles. The van der Waals surface area contributed by atoms with Gasteiger partial charge >= 0.3 is 0 Å². The second-order valence-electron chi connectivity index (χ2n) is 28.3. The number of primary amides is 1. The molecular weight excluding hydrogens is 1230 g/mol. The second-order valence-corrected chi connectivity index (χ2v) is 28.8. The number of hydrogen-bond donors (Lipinski definition) is 15. The van der Waals surface area contributed by atoms with Crippen LogP contribution in [0.2, 0.25) is 0 Å². The van der Waals surface area contributed by atoms with E-state index in [1.54, 1.807) is 0 Å². The van der Waals surface area contributed by atoms with Crippen molar-refractivity contribution in [1.82, 2.24) is 53.2 Å². The summed E-state index contributed by atoms with van der Waals surface area (Å²) >= 11 is 4.08. The van der Waals surface area contributed by atoms with Crippen LogP contribution in [0.1, 0.15) is 244 Å². The average Bonchev–Trinajstić information content (AvgIpc) is 1.10. The van der Waals surface area contributed by atoms with Crippen molar-refractivity contribution in [2.45, 2.75) is 298 Å². The van der Waals surface area contributed by atoms with Crippen LogP contribution in [-0.2, 0) is 52.7 Å². The minimum Gasteiger partial charge on any atom is -0.369 e. The maximum atomic E-state index is 14.5. The van der Waals surface area contributed by atoms with Crippen molar-refractivity contribution in [2.24, 2.45) is 58.4 Å². The Morgan fingerprint density at radius 1 is 0.379 bits per heavy atom. The molecule has 15 unspecified atom stereocenters. The van der Waals surface area contributed by atoms with E-state index in [0.717, 1.165) is 83.5 Å². The van der Waals surface area contributed by atoms with Crippen LogP contribution in [0.5, 0.6) is 0 Å². The molecule has 0 saturated heterocycles. The van der Waals surface area contributed by atoms with Crippen LogP contribution in [0.15, 0.2) is 0 Å². The molecule has 6 rings (SSSR count). The van der Waals surface area contributed by atoms with Gasteiger partial charge < -0.3 is 76.1 Å². The van der Waals surface area contributed by atoms with Crippen LogP contribution in [0.25, 0.3) is 0 Å². The third kappa shape index (κ3) is 27.0. The van der Waals surface area contributed by atoms with Crippen LogP contribution in [0, 0.1) is 35.5 Å². The van der Waals surface area contributed by atoms with Crippen LogP contribution < -0.4 is 76.1 Å². The van der Waals surface area contributed by atoms with Crippen molar-refractivity contribution in [3.05, 3.63) is 0 Å². The van der Waals surface area contributed by atoms with E-state index in [2.05, 4.69) is 65.8 Å². The van der Waals surface area contributed by atoms with Crippen molar-refractivity contribution in [3.63, 3.8) is 0 Å². The zero-order chi connectivity index (χ0) is 68.5. The third-order valence-electron chi connectivity index (χ3n) is 21.0. The second kappa shape index (κ2) is 42.9. The van der Waals surface area contributed by atoms with Gasteiger partial charge in [-0.3, -0.25) is 52.7 Å². The molecule has 0 aromatic heterocycles. The van der Waals surface area contributed by atoms with Gasteiger partial charge in [-0.15, -0.1) is 0 Å². The molecule has 0 heterocycles. The normalized spacial score (nSPS) is 27.1. The maximum Gasteiger partial charge on any atom is 0.242 e. The van der Waals surface area contributed by atoms with E-state index in [1.807, 2.05) is 0 Å². The standard InChI is InChI=1S/C69H120N14O11S/c70-36-14-1-3-32-57(68(93)76-46-22-17-19-44(41-46)63(88)80-53-28-9-5-24-49(53)62(73)87)82-64(89)45-20-18-23-47(42-45)77-69(94)58(33-4-2-15-37-71)83-67(92)51-26-7-11-30-55(51)79-61(86)43-48(21-13-16-38-72)75-65(90)52-27-8-12-31-56(52)81-66(91)50-25-6-10-29-54(50)78-60(85)34-39-74-59(84)35-40-95/h44-58,95H,1-43,70-72H2,(H2,73,87)(H,74,84)(H,75,90)(H,76,93)(H,77,94)(H,78,85)(H,79,86)(H,80,88)(H,81,91)(H,82,89)(H,83,92). The molecule has 0 aromatic rings. The number of unbranched alkanes of at least 4 members (excludes halogenated alkanes) is 5. The van der Waals surface area contributed by atoms with Gasteiger partial charge in [0.05, 0.1) is 23.7 Å².